The van der Waals surface area contributed by atoms with Gasteiger partial charge < -0.3 is 9.64 Å². The number of terminal acetylenes is 1. The van der Waals surface area contributed by atoms with Crippen molar-refractivity contribution in [1.82, 2.24) is 4.90 Å². The molecule has 0 saturated carbocycles. The van der Waals surface area contributed by atoms with Gasteiger partial charge in [0.25, 0.3) is 0 Å². The van der Waals surface area contributed by atoms with E-state index in [0.717, 1.165) is 35.7 Å². The fraction of sp³-hybridized carbons (Fsp3) is 0.333. The molecule has 0 radical (unpaired) electrons. The van der Waals surface area contributed by atoms with E-state index in [1.54, 1.807) is 7.11 Å². The van der Waals surface area contributed by atoms with E-state index in [9.17, 15) is 0 Å². The summed E-state index contributed by atoms with van der Waals surface area (Å²) in [5, 5.41) is 0. The average molecular weight is 309 g/mol. The number of methoxy groups -OCH3 is 1. The van der Waals surface area contributed by atoms with Crippen LogP contribution in [0, 0.1) is 12.3 Å². The Morgan fingerprint density at radius 1 is 1.22 bits per heavy atom. The summed E-state index contributed by atoms with van der Waals surface area (Å²) in [6, 6.07) is 8.13. The van der Waals surface area contributed by atoms with E-state index in [4.69, 9.17) is 11.2 Å². The van der Waals surface area contributed by atoms with Crippen LogP contribution in [0.5, 0.6) is 5.75 Å². The van der Waals surface area contributed by atoms with Gasteiger partial charge in [-0.25, -0.2) is 0 Å². The van der Waals surface area contributed by atoms with Gasteiger partial charge in [0.05, 0.1) is 7.11 Å². The zero-order chi connectivity index (χ0) is 17.2. The second kappa shape index (κ2) is 9.58. The average Bonchev–Trinajstić information content (AvgIpc) is 2.58. The highest BCUT2D eigenvalue weighted by molar-refractivity contribution is 5.32. The van der Waals surface area contributed by atoms with Crippen LogP contribution < -0.4 is 4.74 Å². The molecule has 1 aromatic rings. The van der Waals surface area contributed by atoms with E-state index in [-0.39, 0.29) is 0 Å². The van der Waals surface area contributed by atoms with Gasteiger partial charge in [-0.05, 0) is 51.0 Å². The molecule has 0 aliphatic heterocycles. The Morgan fingerprint density at radius 3 is 2.39 bits per heavy atom. The van der Waals surface area contributed by atoms with Crippen LogP contribution in [0.15, 0.2) is 59.5 Å². The van der Waals surface area contributed by atoms with Crippen LogP contribution in [0.3, 0.4) is 0 Å². The minimum atomic E-state index is 0.775. The van der Waals surface area contributed by atoms with Crippen LogP contribution in [0.2, 0.25) is 0 Å². The Kier molecular flexibility index (Phi) is 7.77. The van der Waals surface area contributed by atoms with Gasteiger partial charge in [0.2, 0.25) is 0 Å². The Balaban J connectivity index is 3.11. The van der Waals surface area contributed by atoms with E-state index in [0.29, 0.717) is 0 Å². The number of benzene rings is 1. The number of nitrogens with zero attached hydrogens (tertiary/aromatic N) is 1. The van der Waals surface area contributed by atoms with Crippen LogP contribution in [-0.4, -0.2) is 12.0 Å². The van der Waals surface area contributed by atoms with Crippen molar-refractivity contribution in [3.63, 3.8) is 0 Å². The molecular formula is C21H27NO. The van der Waals surface area contributed by atoms with E-state index in [1.165, 1.54) is 5.56 Å². The van der Waals surface area contributed by atoms with Crippen molar-refractivity contribution in [3.05, 3.63) is 65.0 Å². The molecule has 0 saturated heterocycles. The highest BCUT2D eigenvalue weighted by atomic mass is 16.5. The van der Waals surface area contributed by atoms with Gasteiger partial charge in [0.1, 0.15) is 5.75 Å². The van der Waals surface area contributed by atoms with Crippen LogP contribution in [0.4, 0.5) is 0 Å². The first-order valence-electron chi connectivity index (χ1n) is 7.91. The Hall–Kier alpha value is -2.40. The molecule has 0 heterocycles. The Morgan fingerprint density at radius 2 is 1.87 bits per heavy atom. The molecule has 2 nitrogen and oxygen atoms in total. The number of ether oxygens (including phenoxy) is 1. The molecule has 0 aliphatic carbocycles. The third kappa shape index (κ3) is 5.71. The van der Waals surface area contributed by atoms with Crippen molar-refractivity contribution in [1.29, 1.82) is 0 Å². The lowest BCUT2D eigenvalue weighted by Gasteiger charge is -2.27. The maximum Gasteiger partial charge on any atom is 0.118 e. The number of hydrogen-bond donors (Lipinski definition) is 0. The molecule has 0 aliphatic rings. The predicted octanol–water partition coefficient (Wildman–Crippen LogP) is 5.29. The maximum absolute atomic E-state index is 5.58. The molecule has 0 bridgehead atoms. The molecule has 0 atom stereocenters. The minimum Gasteiger partial charge on any atom is -0.497 e. The molecule has 122 valence electrons. The topological polar surface area (TPSA) is 12.5 Å². The molecule has 0 unspecified atom stereocenters. The van der Waals surface area contributed by atoms with Gasteiger partial charge in [0.15, 0.2) is 0 Å². The first-order chi connectivity index (χ1) is 11.0. The third-order valence-corrected chi connectivity index (χ3v) is 3.80. The summed E-state index contributed by atoms with van der Waals surface area (Å²) in [4.78, 5) is 2.25. The van der Waals surface area contributed by atoms with E-state index >= 15 is 0 Å². The largest absolute Gasteiger partial charge is 0.497 e. The summed E-state index contributed by atoms with van der Waals surface area (Å²) >= 11 is 0. The van der Waals surface area contributed by atoms with Crippen LogP contribution in [-0.2, 0) is 6.54 Å². The molecule has 0 aromatic heterocycles. The highest BCUT2D eigenvalue weighted by Crippen LogP contribution is 2.21. The van der Waals surface area contributed by atoms with Gasteiger partial charge in [0, 0.05) is 23.5 Å². The van der Waals surface area contributed by atoms with Crippen LogP contribution in [0.1, 0.15) is 39.7 Å². The second-order valence-corrected chi connectivity index (χ2v) is 5.43. The summed E-state index contributed by atoms with van der Waals surface area (Å²) in [5.41, 5.74) is 4.42. The standard InChI is InChI=1S/C21H27NO/c1-7-9-10-11-18(4)22(19(5)17(3)8-2)16-20-12-14-21(23-6)15-13-20/h2,9-15H,7,16H2,1,3-6H3/b10-9+,18-11+,19-17+. The van der Waals surface area contributed by atoms with Crippen molar-refractivity contribution >= 4 is 0 Å². The molecule has 0 fully saturated rings. The lowest BCUT2D eigenvalue weighted by Crippen LogP contribution is -2.20. The molecule has 1 aromatic carbocycles. The van der Waals surface area contributed by atoms with Gasteiger partial charge in [-0.3, -0.25) is 0 Å². The molecule has 0 N–H and O–H groups in total. The third-order valence-electron chi connectivity index (χ3n) is 3.80. The highest BCUT2D eigenvalue weighted by Gasteiger charge is 2.10. The summed E-state index contributed by atoms with van der Waals surface area (Å²) in [5.74, 6) is 3.61. The number of rotatable bonds is 7. The quantitative estimate of drug-likeness (QED) is 0.501. The fourth-order valence-corrected chi connectivity index (χ4v) is 2.16. The maximum atomic E-state index is 5.58. The smallest absolute Gasteiger partial charge is 0.118 e. The zero-order valence-corrected chi connectivity index (χ0v) is 14.9. The van der Waals surface area contributed by atoms with Crippen LogP contribution >= 0.6 is 0 Å². The predicted molar refractivity (Wildman–Crippen MR) is 98.9 cm³/mol. The van der Waals surface area contributed by atoms with Gasteiger partial charge in [-0.1, -0.05) is 37.1 Å². The monoisotopic (exact) mass is 309 g/mol. The van der Waals surface area contributed by atoms with Crippen molar-refractivity contribution in [2.75, 3.05) is 7.11 Å². The Labute approximate surface area is 141 Å². The van der Waals surface area contributed by atoms with E-state index < -0.39 is 0 Å². The van der Waals surface area contributed by atoms with E-state index in [1.807, 2.05) is 19.1 Å². The fourth-order valence-electron chi connectivity index (χ4n) is 2.16. The number of hydrogen-bond acceptors (Lipinski definition) is 2. The summed E-state index contributed by atoms with van der Waals surface area (Å²) < 4.78 is 5.22. The van der Waals surface area contributed by atoms with Crippen molar-refractivity contribution in [2.45, 2.75) is 40.7 Å². The molecule has 0 amide bonds. The van der Waals surface area contributed by atoms with Crippen molar-refractivity contribution in [3.8, 4) is 18.1 Å². The van der Waals surface area contributed by atoms with Crippen molar-refractivity contribution in [2.24, 2.45) is 0 Å². The Bertz CT molecular complexity index is 627. The van der Waals surface area contributed by atoms with Crippen LogP contribution in [0.25, 0.3) is 0 Å². The summed E-state index contributed by atoms with van der Waals surface area (Å²) in [7, 11) is 1.68. The minimum absolute atomic E-state index is 0.775. The van der Waals surface area contributed by atoms with Gasteiger partial charge >= 0.3 is 0 Å². The lowest BCUT2D eigenvalue weighted by molar-refractivity contribution is 0.410. The van der Waals surface area contributed by atoms with Crippen molar-refractivity contribution < 1.29 is 4.74 Å². The molecule has 0 spiro atoms. The lowest BCUT2D eigenvalue weighted by atomic mass is 10.1. The normalized spacial score (nSPS) is 12.8. The van der Waals surface area contributed by atoms with Gasteiger partial charge in [-0.2, -0.15) is 0 Å². The van der Waals surface area contributed by atoms with Gasteiger partial charge in [-0.15, -0.1) is 6.42 Å². The molecule has 2 heteroatoms. The molecule has 23 heavy (non-hydrogen) atoms. The first kappa shape index (κ1) is 18.6. The number of allylic oxidation sites excluding steroid dienone is 6. The summed E-state index contributed by atoms with van der Waals surface area (Å²) in [6.45, 7) is 9.06. The molecular weight excluding hydrogens is 282 g/mol. The zero-order valence-electron chi connectivity index (χ0n) is 14.9. The first-order valence-corrected chi connectivity index (χ1v) is 7.91. The molecule has 1 rings (SSSR count). The second-order valence-electron chi connectivity index (χ2n) is 5.43. The summed E-state index contributed by atoms with van der Waals surface area (Å²) in [6.07, 6.45) is 13.0. The van der Waals surface area contributed by atoms with E-state index in [2.05, 4.69) is 62.0 Å². The SMILES string of the molecule is C#C/C(C)=C(\C)N(Cc1ccc(OC)cc1)/C(C)=C/C=C/CC.